The molecule has 1 aliphatic rings. The maximum atomic E-state index is 14.9. The van der Waals surface area contributed by atoms with Crippen LogP contribution in [0.25, 0.3) is 0 Å². The number of rotatable bonds is 5. The molecule has 0 bridgehead atoms. The Balaban J connectivity index is 1.96. The largest absolute Gasteiger partial charge is 0.493 e. The number of ether oxygens (including phenoxy) is 2. The number of nitrogens with zero attached hydrogens (tertiary/aromatic N) is 1. The number of benzene rings is 3. The van der Waals surface area contributed by atoms with Crippen LogP contribution < -0.4 is 9.47 Å². The van der Waals surface area contributed by atoms with Crippen LogP contribution in [0.15, 0.2) is 54.6 Å². The molecule has 0 unspecified atom stereocenters. The van der Waals surface area contributed by atoms with Gasteiger partial charge in [-0.1, -0.05) is 29.8 Å². The summed E-state index contributed by atoms with van der Waals surface area (Å²) in [5, 5.41) is 0.348. The summed E-state index contributed by atoms with van der Waals surface area (Å²) in [6, 6.07) is 15.0. The van der Waals surface area contributed by atoms with Gasteiger partial charge in [-0.3, -0.25) is 0 Å². The van der Waals surface area contributed by atoms with E-state index in [1.807, 2.05) is 16.7 Å². The Morgan fingerprint density at radius 3 is 2.30 bits per heavy atom. The van der Waals surface area contributed by atoms with Crippen molar-refractivity contribution < 1.29 is 22.8 Å². The highest BCUT2D eigenvalue weighted by Gasteiger charge is 2.31. The van der Waals surface area contributed by atoms with Gasteiger partial charge in [-0.2, -0.15) is 0 Å². The minimum atomic E-state index is -0.381. The summed E-state index contributed by atoms with van der Waals surface area (Å²) in [6.07, 6.45) is 0.694. The van der Waals surface area contributed by atoms with E-state index in [9.17, 15) is 8.78 Å². The number of halogens is 3. The van der Waals surface area contributed by atoms with Gasteiger partial charge in [-0.05, 0) is 42.0 Å². The van der Waals surface area contributed by atoms with Crippen molar-refractivity contribution in [3.05, 3.63) is 93.5 Å². The van der Waals surface area contributed by atoms with Gasteiger partial charge in [-0.15, -0.1) is 0 Å². The second-order valence-corrected chi connectivity index (χ2v) is 7.47. The zero-order chi connectivity index (χ0) is 21.3. The van der Waals surface area contributed by atoms with Gasteiger partial charge in [-0.25, -0.2) is 13.4 Å². The molecule has 1 aliphatic heterocycles. The summed E-state index contributed by atoms with van der Waals surface area (Å²) >= 11 is 6.27. The van der Waals surface area contributed by atoms with E-state index in [2.05, 4.69) is 0 Å². The molecule has 0 radical (unpaired) electrons. The minimum Gasteiger partial charge on any atom is -0.493 e. The molecule has 6 heteroatoms. The maximum Gasteiger partial charge on any atom is 0.218 e. The first-order valence-corrected chi connectivity index (χ1v) is 9.96. The second kappa shape index (κ2) is 8.44. The van der Waals surface area contributed by atoms with E-state index in [0.717, 1.165) is 11.1 Å². The zero-order valence-electron chi connectivity index (χ0n) is 16.7. The van der Waals surface area contributed by atoms with Crippen LogP contribution in [0, 0.1) is 11.6 Å². The highest BCUT2D eigenvalue weighted by Crippen LogP contribution is 2.34. The van der Waals surface area contributed by atoms with Crippen molar-refractivity contribution in [3.8, 4) is 11.5 Å². The summed E-state index contributed by atoms with van der Waals surface area (Å²) in [7, 11) is 3.15. The van der Waals surface area contributed by atoms with Crippen LogP contribution in [0.1, 0.15) is 22.3 Å². The average Bonchev–Trinajstić information content (AvgIpc) is 2.75. The first kappa shape index (κ1) is 20.4. The predicted molar refractivity (Wildman–Crippen MR) is 113 cm³/mol. The summed E-state index contributed by atoms with van der Waals surface area (Å²) in [6.45, 7) is 0.805. The van der Waals surface area contributed by atoms with E-state index in [1.165, 1.54) is 12.1 Å². The Bertz CT molecular complexity index is 1120. The number of methoxy groups -OCH3 is 2. The highest BCUT2D eigenvalue weighted by molar-refractivity contribution is 6.31. The van der Waals surface area contributed by atoms with E-state index in [-0.39, 0.29) is 18.2 Å². The minimum absolute atomic E-state index is 0.225. The molecule has 3 nitrogen and oxygen atoms in total. The molecule has 0 saturated carbocycles. The summed E-state index contributed by atoms with van der Waals surface area (Å²) in [4.78, 5) is 0. The van der Waals surface area contributed by atoms with Gasteiger partial charge < -0.3 is 9.47 Å². The highest BCUT2D eigenvalue weighted by atomic mass is 35.5. The molecule has 4 rings (SSSR count). The molecule has 0 spiro atoms. The lowest BCUT2D eigenvalue weighted by Gasteiger charge is -2.21. The first-order valence-electron chi connectivity index (χ1n) is 9.58. The number of fused-ring (bicyclic) bond motifs is 1. The van der Waals surface area contributed by atoms with Gasteiger partial charge in [0.25, 0.3) is 0 Å². The van der Waals surface area contributed by atoms with Crippen LogP contribution in [0.5, 0.6) is 11.5 Å². The Hall–Kier alpha value is -2.92. The third-order valence-corrected chi connectivity index (χ3v) is 5.73. The zero-order valence-corrected chi connectivity index (χ0v) is 17.5. The maximum absolute atomic E-state index is 14.9. The van der Waals surface area contributed by atoms with E-state index >= 15 is 0 Å². The van der Waals surface area contributed by atoms with Crippen molar-refractivity contribution >= 4 is 17.3 Å². The van der Waals surface area contributed by atoms with Crippen molar-refractivity contribution in [2.75, 3.05) is 20.8 Å². The molecule has 0 saturated heterocycles. The molecule has 0 amide bonds. The Kier molecular flexibility index (Phi) is 5.73. The van der Waals surface area contributed by atoms with Crippen molar-refractivity contribution in [1.82, 2.24) is 0 Å². The summed E-state index contributed by atoms with van der Waals surface area (Å²) in [5.74, 6) is 0.443. The van der Waals surface area contributed by atoms with Crippen molar-refractivity contribution in [2.45, 2.75) is 13.0 Å². The molecule has 154 valence electrons. The summed E-state index contributed by atoms with van der Waals surface area (Å²) in [5.41, 5.74) is 3.35. The van der Waals surface area contributed by atoms with Gasteiger partial charge in [0.1, 0.15) is 18.2 Å². The molecule has 0 fully saturated rings. The third kappa shape index (κ3) is 3.65. The van der Waals surface area contributed by atoms with Crippen LogP contribution in [0.3, 0.4) is 0 Å². The van der Waals surface area contributed by atoms with Crippen LogP contribution in [-0.4, -0.2) is 31.1 Å². The SMILES string of the molecule is COc1cc2c(cc1OC)C(c1ccccc1F)=[N+](Cc1c(F)cccc1Cl)CC2. The normalized spacial score (nSPS) is 13.2. The van der Waals surface area contributed by atoms with Crippen molar-refractivity contribution in [2.24, 2.45) is 0 Å². The van der Waals surface area contributed by atoms with Crippen LogP contribution in [-0.2, 0) is 13.0 Å². The number of hydrogen-bond acceptors (Lipinski definition) is 2. The molecule has 0 aromatic heterocycles. The Morgan fingerprint density at radius 1 is 0.900 bits per heavy atom. The molecule has 3 aromatic carbocycles. The number of hydrogen-bond donors (Lipinski definition) is 0. The molecular formula is C24H21ClF2NO2+. The lowest BCUT2D eigenvalue weighted by atomic mass is 9.91. The predicted octanol–water partition coefficient (Wildman–Crippen LogP) is 5.24. The van der Waals surface area contributed by atoms with Gasteiger partial charge in [0.2, 0.25) is 5.71 Å². The fraction of sp³-hybridized carbons (Fsp3) is 0.208. The van der Waals surface area contributed by atoms with Gasteiger partial charge >= 0.3 is 0 Å². The van der Waals surface area contributed by atoms with E-state index in [1.54, 1.807) is 44.6 Å². The standard InChI is InChI=1S/C24H21ClF2NO2/c1-29-22-12-15-10-11-28(14-18-19(25)7-5-9-21(18)27)24(17(15)13-23(22)30-2)16-6-3-4-8-20(16)26/h3-9,12-13H,10-11,14H2,1-2H3/q+1. The Labute approximate surface area is 179 Å². The smallest absolute Gasteiger partial charge is 0.218 e. The fourth-order valence-electron chi connectivity index (χ4n) is 3.89. The summed E-state index contributed by atoms with van der Waals surface area (Å²) < 4.78 is 42.2. The molecular weight excluding hydrogens is 408 g/mol. The van der Waals surface area contributed by atoms with Gasteiger partial charge in [0.15, 0.2) is 18.0 Å². The van der Waals surface area contributed by atoms with Crippen LogP contribution in [0.2, 0.25) is 5.02 Å². The molecule has 1 heterocycles. The average molecular weight is 429 g/mol. The van der Waals surface area contributed by atoms with Crippen LogP contribution >= 0.6 is 11.6 Å². The first-order chi connectivity index (χ1) is 14.5. The molecule has 0 aliphatic carbocycles. The quantitative estimate of drug-likeness (QED) is 0.518. The van der Waals surface area contributed by atoms with E-state index in [0.29, 0.717) is 46.3 Å². The van der Waals surface area contributed by atoms with E-state index < -0.39 is 0 Å². The molecule has 0 atom stereocenters. The molecule has 30 heavy (non-hydrogen) atoms. The second-order valence-electron chi connectivity index (χ2n) is 7.06. The topological polar surface area (TPSA) is 21.5 Å². The van der Waals surface area contributed by atoms with Gasteiger partial charge in [0.05, 0.1) is 35.9 Å². The van der Waals surface area contributed by atoms with Crippen molar-refractivity contribution in [3.63, 3.8) is 0 Å². The van der Waals surface area contributed by atoms with Crippen molar-refractivity contribution in [1.29, 1.82) is 0 Å². The van der Waals surface area contributed by atoms with Crippen LogP contribution in [0.4, 0.5) is 8.78 Å². The molecule has 0 N–H and O–H groups in total. The molecule has 3 aromatic rings. The van der Waals surface area contributed by atoms with E-state index in [4.69, 9.17) is 21.1 Å². The fourth-order valence-corrected chi connectivity index (χ4v) is 4.11. The lowest BCUT2D eigenvalue weighted by molar-refractivity contribution is -0.544. The lowest BCUT2D eigenvalue weighted by Crippen LogP contribution is -2.31. The van der Waals surface area contributed by atoms with Gasteiger partial charge in [0, 0.05) is 6.42 Å². The monoisotopic (exact) mass is 428 g/mol. The Morgan fingerprint density at radius 2 is 1.60 bits per heavy atom. The third-order valence-electron chi connectivity index (χ3n) is 5.37.